The van der Waals surface area contributed by atoms with Crippen molar-refractivity contribution in [3.63, 3.8) is 0 Å². The highest BCUT2D eigenvalue weighted by Crippen LogP contribution is 2.32. The zero-order valence-electron chi connectivity index (χ0n) is 18.4. The van der Waals surface area contributed by atoms with Gasteiger partial charge in [0.05, 0.1) is 4.90 Å². The maximum absolute atomic E-state index is 13.2. The zero-order chi connectivity index (χ0) is 23.6. The Morgan fingerprint density at radius 2 is 1.82 bits per heavy atom. The molecule has 174 valence electrons. The lowest BCUT2D eigenvalue weighted by atomic mass is 10.0. The summed E-state index contributed by atoms with van der Waals surface area (Å²) >= 11 is 1.15. The van der Waals surface area contributed by atoms with Gasteiger partial charge in [-0.2, -0.15) is 4.31 Å². The van der Waals surface area contributed by atoms with Crippen molar-refractivity contribution < 1.29 is 17.6 Å². The molecule has 1 saturated heterocycles. The number of amides is 1. The fourth-order valence-electron chi connectivity index (χ4n) is 3.75. The molecule has 1 unspecified atom stereocenters. The molecule has 7 nitrogen and oxygen atoms in total. The van der Waals surface area contributed by atoms with Gasteiger partial charge in [0.2, 0.25) is 15.0 Å². The average molecular weight is 489 g/mol. The predicted molar refractivity (Wildman–Crippen MR) is 126 cm³/mol. The Hall–Kier alpha value is -2.69. The third-order valence-electron chi connectivity index (χ3n) is 5.65. The number of carbonyl (C=O) groups is 1. The molecule has 3 aromatic rings. The van der Waals surface area contributed by atoms with E-state index in [2.05, 4.69) is 29.4 Å². The molecule has 33 heavy (non-hydrogen) atoms. The van der Waals surface area contributed by atoms with E-state index in [1.165, 1.54) is 28.6 Å². The van der Waals surface area contributed by atoms with Crippen LogP contribution in [0.1, 0.15) is 58.9 Å². The van der Waals surface area contributed by atoms with E-state index in [0.717, 1.165) is 23.3 Å². The van der Waals surface area contributed by atoms with Crippen molar-refractivity contribution in [2.75, 3.05) is 18.4 Å². The molecule has 1 fully saturated rings. The van der Waals surface area contributed by atoms with Gasteiger partial charge in [-0.1, -0.05) is 37.3 Å². The van der Waals surface area contributed by atoms with Crippen molar-refractivity contribution >= 4 is 33.0 Å². The molecule has 1 atom stereocenters. The van der Waals surface area contributed by atoms with Crippen LogP contribution in [0.25, 0.3) is 0 Å². The number of piperidine rings is 1. The van der Waals surface area contributed by atoms with Gasteiger partial charge in [-0.05, 0) is 60.7 Å². The van der Waals surface area contributed by atoms with Crippen molar-refractivity contribution in [1.82, 2.24) is 14.5 Å². The first kappa shape index (κ1) is 23.5. The first-order chi connectivity index (χ1) is 15.7. The smallest absolute Gasteiger partial charge is 0.286 e. The number of hydrogen-bond donors (Lipinski definition) is 1. The molecule has 1 aromatic heterocycles. The Bertz CT molecular complexity index is 1230. The van der Waals surface area contributed by atoms with Crippen LogP contribution in [0.5, 0.6) is 0 Å². The molecule has 0 bridgehead atoms. The third kappa shape index (κ3) is 5.29. The third-order valence-corrected chi connectivity index (χ3v) is 8.62. The van der Waals surface area contributed by atoms with E-state index < -0.39 is 15.9 Å². The van der Waals surface area contributed by atoms with Gasteiger partial charge in [0.25, 0.3) is 5.91 Å². The highest BCUT2D eigenvalue weighted by molar-refractivity contribution is 7.89. The summed E-state index contributed by atoms with van der Waals surface area (Å²) in [7, 11) is -3.62. The molecule has 2 heterocycles. The fraction of sp³-hybridized carbons (Fsp3) is 0.348. The minimum atomic E-state index is -3.62. The van der Waals surface area contributed by atoms with E-state index in [0.29, 0.717) is 36.1 Å². The first-order valence-corrected chi connectivity index (χ1v) is 13.0. The molecule has 0 radical (unpaired) electrons. The van der Waals surface area contributed by atoms with E-state index in [1.54, 1.807) is 12.1 Å². The lowest BCUT2D eigenvalue weighted by Gasteiger charge is -2.30. The van der Waals surface area contributed by atoms with Crippen molar-refractivity contribution in [3.05, 3.63) is 69.9 Å². The van der Waals surface area contributed by atoms with Crippen LogP contribution in [0.15, 0.2) is 53.4 Å². The van der Waals surface area contributed by atoms with Gasteiger partial charge in [0.1, 0.15) is 10.8 Å². The molecule has 1 amide bonds. The lowest BCUT2D eigenvalue weighted by Crippen LogP contribution is -2.39. The molecule has 0 saturated carbocycles. The van der Waals surface area contributed by atoms with Crippen LogP contribution < -0.4 is 5.32 Å². The summed E-state index contributed by atoms with van der Waals surface area (Å²) in [5, 5.41) is 11.6. The lowest BCUT2D eigenvalue weighted by molar-refractivity contribution is 0.102. The van der Waals surface area contributed by atoms with Crippen molar-refractivity contribution in [3.8, 4) is 0 Å². The van der Waals surface area contributed by atoms with E-state index in [1.807, 2.05) is 12.1 Å². The van der Waals surface area contributed by atoms with E-state index in [9.17, 15) is 17.6 Å². The van der Waals surface area contributed by atoms with E-state index in [-0.39, 0.29) is 21.6 Å². The second-order valence-corrected chi connectivity index (χ2v) is 11.3. The Balaban J connectivity index is 1.45. The number of rotatable bonds is 6. The number of hydrogen-bond acceptors (Lipinski definition) is 6. The Morgan fingerprint density at radius 3 is 2.48 bits per heavy atom. The Morgan fingerprint density at radius 1 is 1.12 bits per heavy atom. The van der Waals surface area contributed by atoms with Crippen LogP contribution >= 0.6 is 11.3 Å². The predicted octanol–water partition coefficient (Wildman–Crippen LogP) is 4.62. The van der Waals surface area contributed by atoms with Crippen LogP contribution in [0.3, 0.4) is 0 Å². The van der Waals surface area contributed by atoms with Crippen LogP contribution in [-0.2, 0) is 10.0 Å². The summed E-state index contributed by atoms with van der Waals surface area (Å²) < 4.78 is 40.9. The topological polar surface area (TPSA) is 92.3 Å². The van der Waals surface area contributed by atoms with Crippen LogP contribution in [0, 0.1) is 5.82 Å². The normalized spacial score (nSPS) is 17.3. The number of anilines is 1. The second-order valence-electron chi connectivity index (χ2n) is 8.33. The highest BCUT2D eigenvalue weighted by atomic mass is 32.2. The van der Waals surface area contributed by atoms with Gasteiger partial charge in [-0.25, -0.2) is 12.8 Å². The monoisotopic (exact) mass is 488 g/mol. The number of carbonyl (C=O) groups excluding carboxylic acids is 1. The van der Waals surface area contributed by atoms with E-state index in [4.69, 9.17) is 0 Å². The minimum absolute atomic E-state index is 0.131. The Kier molecular flexibility index (Phi) is 6.87. The first-order valence-electron chi connectivity index (χ1n) is 10.7. The molecule has 1 aliphatic rings. The summed E-state index contributed by atoms with van der Waals surface area (Å²) in [6.45, 7) is 4.87. The molecule has 2 aromatic carbocycles. The summed E-state index contributed by atoms with van der Waals surface area (Å²) in [4.78, 5) is 12.8. The molecule has 1 aliphatic heterocycles. The van der Waals surface area contributed by atoms with Gasteiger partial charge < -0.3 is 5.32 Å². The molecular formula is C23H25FN4O3S2. The van der Waals surface area contributed by atoms with Gasteiger partial charge in [0, 0.05) is 24.7 Å². The number of halogens is 1. The summed E-state index contributed by atoms with van der Waals surface area (Å²) in [5.74, 6) is -0.629. The van der Waals surface area contributed by atoms with Crippen molar-refractivity contribution in [1.29, 1.82) is 0 Å². The maximum Gasteiger partial charge on any atom is 0.286 e. The molecule has 4 rings (SSSR count). The Labute approximate surface area is 196 Å². The number of benzene rings is 2. The van der Waals surface area contributed by atoms with Crippen LogP contribution in [-0.4, -0.2) is 41.9 Å². The number of sulfonamides is 1. The minimum Gasteiger partial charge on any atom is -0.320 e. The van der Waals surface area contributed by atoms with Gasteiger partial charge in [-0.3, -0.25) is 4.79 Å². The van der Waals surface area contributed by atoms with Crippen molar-refractivity contribution in [2.24, 2.45) is 0 Å². The molecular weight excluding hydrogens is 463 g/mol. The summed E-state index contributed by atoms with van der Waals surface area (Å²) in [6, 6.07) is 12.5. The quantitative estimate of drug-likeness (QED) is 0.547. The number of aromatic nitrogens is 2. The molecule has 1 N–H and O–H groups in total. The molecule has 0 spiro atoms. The molecule has 0 aliphatic carbocycles. The number of nitrogens with one attached hydrogen (secondary N) is 1. The SMILES string of the molecule is CC(C)c1ccc(S(=O)(=O)N2CCCC(c3nnc(C(=O)Nc4ccc(F)cc4)s3)C2)cc1. The highest BCUT2D eigenvalue weighted by Gasteiger charge is 2.33. The van der Waals surface area contributed by atoms with Gasteiger partial charge in [0.15, 0.2) is 0 Å². The van der Waals surface area contributed by atoms with Crippen LogP contribution in [0.4, 0.5) is 10.1 Å². The van der Waals surface area contributed by atoms with Crippen LogP contribution in [0.2, 0.25) is 0 Å². The summed E-state index contributed by atoms with van der Waals surface area (Å²) in [6.07, 6.45) is 1.47. The number of nitrogens with zero attached hydrogens (tertiary/aromatic N) is 3. The van der Waals surface area contributed by atoms with Gasteiger partial charge in [-0.15, -0.1) is 10.2 Å². The zero-order valence-corrected chi connectivity index (χ0v) is 20.0. The van der Waals surface area contributed by atoms with E-state index >= 15 is 0 Å². The average Bonchev–Trinajstić information content (AvgIpc) is 3.31. The van der Waals surface area contributed by atoms with Gasteiger partial charge >= 0.3 is 0 Å². The largest absolute Gasteiger partial charge is 0.320 e. The summed E-state index contributed by atoms with van der Waals surface area (Å²) in [5.41, 5.74) is 1.54. The fourth-order valence-corrected chi connectivity index (χ4v) is 6.13. The molecule has 10 heteroatoms. The van der Waals surface area contributed by atoms with Crippen molar-refractivity contribution in [2.45, 2.75) is 43.4 Å². The second kappa shape index (κ2) is 9.66. The standard InChI is InChI=1S/C23H25FN4O3S2/c1-15(2)16-5-11-20(12-6-16)33(30,31)28-13-3-4-17(14-28)22-26-27-23(32-22)21(29)25-19-9-7-18(24)8-10-19/h5-12,15,17H,3-4,13-14H2,1-2H3,(H,25,29). The maximum atomic E-state index is 13.2.